The van der Waals surface area contributed by atoms with Gasteiger partial charge in [-0.25, -0.2) is 0 Å². The van der Waals surface area contributed by atoms with Crippen molar-refractivity contribution in [2.24, 2.45) is 5.92 Å². The number of hydrogen-bond acceptors (Lipinski definition) is 2. The Morgan fingerprint density at radius 2 is 2.11 bits per heavy atom. The predicted molar refractivity (Wildman–Crippen MR) is 75.9 cm³/mol. The molecule has 1 aliphatic carbocycles. The van der Waals surface area contributed by atoms with E-state index in [1.54, 1.807) is 0 Å². The van der Waals surface area contributed by atoms with Gasteiger partial charge in [0.1, 0.15) is 0 Å². The molecule has 3 nitrogen and oxygen atoms in total. The van der Waals surface area contributed by atoms with E-state index in [2.05, 4.69) is 42.8 Å². The van der Waals surface area contributed by atoms with Gasteiger partial charge in [0.05, 0.1) is 5.69 Å². The van der Waals surface area contributed by atoms with Gasteiger partial charge in [0, 0.05) is 18.3 Å². The Labute approximate surface area is 111 Å². The summed E-state index contributed by atoms with van der Waals surface area (Å²) < 4.78 is 2.17. The van der Waals surface area contributed by atoms with Gasteiger partial charge in [-0.1, -0.05) is 13.8 Å². The fourth-order valence-electron chi connectivity index (χ4n) is 2.53. The zero-order valence-electron chi connectivity index (χ0n) is 12.3. The SMILES string of the molecule is CCCn1nc(C)c(CC(C)CNC2CC2)c1C. The minimum absolute atomic E-state index is 0.697. The highest BCUT2D eigenvalue weighted by Crippen LogP contribution is 2.21. The van der Waals surface area contributed by atoms with Crippen LogP contribution in [0.5, 0.6) is 0 Å². The molecule has 1 aliphatic rings. The highest BCUT2D eigenvalue weighted by Gasteiger charge is 2.21. The average molecular weight is 249 g/mol. The summed E-state index contributed by atoms with van der Waals surface area (Å²) in [5.74, 6) is 0.697. The van der Waals surface area contributed by atoms with Crippen LogP contribution >= 0.6 is 0 Å². The van der Waals surface area contributed by atoms with Gasteiger partial charge in [-0.05, 0) is 57.6 Å². The van der Waals surface area contributed by atoms with Crippen molar-refractivity contribution < 1.29 is 0 Å². The Morgan fingerprint density at radius 1 is 1.39 bits per heavy atom. The van der Waals surface area contributed by atoms with Crippen molar-refractivity contribution in [1.82, 2.24) is 15.1 Å². The van der Waals surface area contributed by atoms with E-state index in [1.165, 1.54) is 29.8 Å². The van der Waals surface area contributed by atoms with Crippen LogP contribution in [0.4, 0.5) is 0 Å². The van der Waals surface area contributed by atoms with Crippen LogP contribution in [0.3, 0.4) is 0 Å². The third kappa shape index (κ3) is 3.35. The molecule has 1 unspecified atom stereocenters. The summed E-state index contributed by atoms with van der Waals surface area (Å²) in [6, 6.07) is 0.817. The van der Waals surface area contributed by atoms with Crippen molar-refractivity contribution >= 4 is 0 Å². The smallest absolute Gasteiger partial charge is 0.0628 e. The normalized spacial score (nSPS) is 17.1. The van der Waals surface area contributed by atoms with Gasteiger partial charge >= 0.3 is 0 Å². The Balaban J connectivity index is 1.94. The summed E-state index contributed by atoms with van der Waals surface area (Å²) in [5.41, 5.74) is 4.06. The molecule has 0 aromatic carbocycles. The van der Waals surface area contributed by atoms with Crippen LogP contribution in [0.25, 0.3) is 0 Å². The van der Waals surface area contributed by atoms with E-state index < -0.39 is 0 Å². The van der Waals surface area contributed by atoms with Crippen molar-refractivity contribution in [2.75, 3.05) is 6.54 Å². The topological polar surface area (TPSA) is 29.9 Å². The molecule has 0 spiro atoms. The van der Waals surface area contributed by atoms with Gasteiger partial charge in [-0.3, -0.25) is 4.68 Å². The third-order valence-electron chi connectivity index (χ3n) is 3.85. The highest BCUT2D eigenvalue weighted by molar-refractivity contribution is 5.25. The Hall–Kier alpha value is -0.830. The van der Waals surface area contributed by atoms with E-state index in [0.29, 0.717) is 5.92 Å². The van der Waals surface area contributed by atoms with Crippen LogP contribution in [0, 0.1) is 19.8 Å². The number of nitrogens with zero attached hydrogens (tertiary/aromatic N) is 2. The van der Waals surface area contributed by atoms with Crippen LogP contribution in [0.15, 0.2) is 0 Å². The van der Waals surface area contributed by atoms with Gasteiger partial charge in [0.25, 0.3) is 0 Å². The van der Waals surface area contributed by atoms with Gasteiger partial charge < -0.3 is 5.32 Å². The second-order valence-electron chi connectivity index (χ2n) is 5.86. The molecule has 2 rings (SSSR count). The minimum Gasteiger partial charge on any atom is -0.314 e. The number of rotatable bonds is 7. The molecule has 0 radical (unpaired) electrons. The fraction of sp³-hybridized carbons (Fsp3) is 0.800. The molecule has 3 heteroatoms. The molecule has 1 heterocycles. The van der Waals surface area contributed by atoms with Gasteiger partial charge in [-0.2, -0.15) is 5.10 Å². The van der Waals surface area contributed by atoms with Crippen LogP contribution in [0.1, 0.15) is 50.1 Å². The number of hydrogen-bond donors (Lipinski definition) is 1. The lowest BCUT2D eigenvalue weighted by Gasteiger charge is -2.12. The molecule has 0 amide bonds. The van der Waals surface area contributed by atoms with E-state index in [-0.39, 0.29) is 0 Å². The third-order valence-corrected chi connectivity index (χ3v) is 3.85. The van der Waals surface area contributed by atoms with Crippen molar-refractivity contribution in [3.63, 3.8) is 0 Å². The van der Waals surface area contributed by atoms with E-state index in [1.807, 2.05) is 0 Å². The van der Waals surface area contributed by atoms with E-state index in [9.17, 15) is 0 Å². The monoisotopic (exact) mass is 249 g/mol. The van der Waals surface area contributed by atoms with Crippen molar-refractivity contribution in [1.29, 1.82) is 0 Å². The van der Waals surface area contributed by atoms with Crippen molar-refractivity contribution in [3.8, 4) is 0 Å². The number of nitrogens with one attached hydrogen (secondary N) is 1. The molecule has 0 aliphatic heterocycles. The average Bonchev–Trinajstić information content (AvgIpc) is 3.12. The Kier molecular flexibility index (Phi) is 4.44. The lowest BCUT2D eigenvalue weighted by Crippen LogP contribution is -2.24. The quantitative estimate of drug-likeness (QED) is 0.805. The first-order valence-corrected chi connectivity index (χ1v) is 7.38. The largest absolute Gasteiger partial charge is 0.314 e. The lowest BCUT2D eigenvalue weighted by molar-refractivity contribution is 0.506. The van der Waals surface area contributed by atoms with Gasteiger partial charge in [0.15, 0.2) is 0 Å². The van der Waals surface area contributed by atoms with Crippen LogP contribution in [-0.4, -0.2) is 22.4 Å². The maximum atomic E-state index is 4.66. The molecule has 18 heavy (non-hydrogen) atoms. The second-order valence-corrected chi connectivity index (χ2v) is 5.86. The van der Waals surface area contributed by atoms with Gasteiger partial charge in [0.2, 0.25) is 0 Å². The molecule has 0 saturated heterocycles. The molecule has 1 aromatic rings. The first-order chi connectivity index (χ1) is 8.61. The first kappa shape index (κ1) is 13.6. The maximum absolute atomic E-state index is 4.66. The zero-order chi connectivity index (χ0) is 13.1. The summed E-state index contributed by atoms with van der Waals surface area (Å²) >= 11 is 0. The van der Waals surface area contributed by atoms with Crippen LogP contribution < -0.4 is 5.32 Å². The minimum atomic E-state index is 0.697. The van der Waals surface area contributed by atoms with E-state index in [0.717, 1.165) is 32.0 Å². The van der Waals surface area contributed by atoms with E-state index in [4.69, 9.17) is 0 Å². The number of aryl methyl sites for hydroxylation is 2. The molecular formula is C15H27N3. The molecule has 0 bridgehead atoms. The molecule has 1 N–H and O–H groups in total. The van der Waals surface area contributed by atoms with Crippen molar-refractivity contribution in [3.05, 3.63) is 17.0 Å². The van der Waals surface area contributed by atoms with Crippen LogP contribution in [-0.2, 0) is 13.0 Å². The second kappa shape index (κ2) is 5.87. The summed E-state index contributed by atoms with van der Waals surface area (Å²) in [5, 5.41) is 8.28. The first-order valence-electron chi connectivity index (χ1n) is 7.38. The van der Waals surface area contributed by atoms with E-state index >= 15 is 0 Å². The standard InChI is InChI=1S/C15H27N3/c1-5-8-18-13(4)15(12(3)17-18)9-11(2)10-16-14-6-7-14/h11,14,16H,5-10H2,1-4H3. The summed E-state index contributed by atoms with van der Waals surface area (Å²) in [4.78, 5) is 0. The Morgan fingerprint density at radius 3 is 2.72 bits per heavy atom. The van der Waals surface area contributed by atoms with Crippen LogP contribution in [0.2, 0.25) is 0 Å². The van der Waals surface area contributed by atoms with Crippen molar-refractivity contribution in [2.45, 2.75) is 66.0 Å². The molecule has 1 aromatic heterocycles. The molecular weight excluding hydrogens is 222 g/mol. The zero-order valence-corrected chi connectivity index (χ0v) is 12.3. The highest BCUT2D eigenvalue weighted by atomic mass is 15.3. The number of aromatic nitrogens is 2. The summed E-state index contributed by atoms with van der Waals surface area (Å²) in [7, 11) is 0. The Bertz CT molecular complexity index is 391. The summed E-state index contributed by atoms with van der Waals surface area (Å²) in [6.07, 6.45) is 5.06. The predicted octanol–water partition coefficient (Wildman–Crippen LogP) is 2.84. The summed E-state index contributed by atoms with van der Waals surface area (Å²) in [6.45, 7) is 11.1. The molecule has 1 fully saturated rings. The molecule has 102 valence electrons. The molecule has 1 atom stereocenters. The maximum Gasteiger partial charge on any atom is 0.0628 e. The molecule has 1 saturated carbocycles. The fourth-order valence-corrected chi connectivity index (χ4v) is 2.53. The lowest BCUT2D eigenvalue weighted by atomic mass is 9.99. The van der Waals surface area contributed by atoms with Gasteiger partial charge in [-0.15, -0.1) is 0 Å².